The number of hydrogen-bond donors (Lipinski definition) is 0. The first-order valence-electron chi connectivity index (χ1n) is 13.2. The molecular formula is C33H34ClLiNO3P. The monoisotopic (exact) mass is 565 g/mol. The average Bonchev–Trinajstić information content (AvgIpc) is 2.99. The number of carbonyl (C=O) groups is 1. The van der Waals surface area contributed by atoms with Crippen LogP contribution in [0.1, 0.15) is 43.4 Å². The van der Waals surface area contributed by atoms with Crippen molar-refractivity contribution < 1.29 is 33.5 Å². The van der Waals surface area contributed by atoms with E-state index in [-0.39, 0.29) is 18.9 Å². The molecule has 0 N–H and O–H groups in total. The van der Waals surface area contributed by atoms with Crippen molar-refractivity contribution in [1.29, 1.82) is 0 Å². The van der Waals surface area contributed by atoms with Crippen molar-refractivity contribution >= 4 is 35.4 Å². The number of ether oxygens (including phenoxy) is 1. The summed E-state index contributed by atoms with van der Waals surface area (Å²) in [5, 5.41) is 16.5. The summed E-state index contributed by atoms with van der Waals surface area (Å²) in [5.41, 5.74) is 1.66. The second-order valence-corrected chi connectivity index (χ2v) is 13.5. The topological polar surface area (TPSA) is 61.7 Å². The first kappa shape index (κ1) is 31.9. The molecule has 40 heavy (non-hydrogen) atoms. The van der Waals surface area contributed by atoms with Crippen LogP contribution in [-0.2, 0) is 11.2 Å². The van der Waals surface area contributed by atoms with Crippen LogP contribution in [0.3, 0.4) is 0 Å². The summed E-state index contributed by atoms with van der Waals surface area (Å²) in [7, 11) is -1.80. The molecule has 4 rings (SSSR count). The van der Waals surface area contributed by atoms with Gasteiger partial charge in [-0.05, 0) is 41.1 Å². The first-order chi connectivity index (χ1) is 19.0. The normalized spacial score (nSPS) is 13.4. The predicted molar refractivity (Wildman–Crippen MR) is 160 cm³/mol. The molecule has 0 aromatic heterocycles. The van der Waals surface area contributed by atoms with Crippen LogP contribution in [0.15, 0.2) is 120 Å². The summed E-state index contributed by atoms with van der Waals surface area (Å²) in [5.74, 6) is 0. The molecule has 2 unspecified atom stereocenters. The van der Waals surface area contributed by atoms with Crippen molar-refractivity contribution in [3.63, 3.8) is 0 Å². The Morgan fingerprint density at radius 2 is 1.38 bits per heavy atom. The maximum atomic E-state index is 15.2. The molecule has 0 radical (unpaired) electrons. The largest absolute Gasteiger partial charge is 1.00 e. The number of hydrogen-bond acceptors (Lipinski definition) is 3. The fourth-order valence-corrected chi connectivity index (χ4v) is 10.3. The molecule has 0 saturated carbocycles. The van der Waals surface area contributed by atoms with Gasteiger partial charge in [0.2, 0.25) is 0 Å². The summed E-state index contributed by atoms with van der Waals surface area (Å²) in [4.78, 5) is 13.3. The van der Waals surface area contributed by atoms with E-state index in [1.807, 2.05) is 91.0 Å². The zero-order valence-electron chi connectivity index (χ0n) is 23.4. The number of rotatable bonds is 10. The van der Waals surface area contributed by atoms with Crippen LogP contribution in [0.2, 0.25) is 5.02 Å². The van der Waals surface area contributed by atoms with Gasteiger partial charge in [-0.25, -0.2) is 4.79 Å². The number of carbonyl (C=O) groups excluding carboxylic acids is 1. The standard InChI is InChI=1S/C33H34ClNO3P.Li/c1-3-4-24-33(25-26-14-8-5-9-15-26,31(36)27-20-22-28(34)23-21-27)39(35-32(37)38-2,29-16-10-6-11-17-29)30-18-12-7-13-19-30;/h5-23,31H,3-4,24-25H2,1-2H3;/q-1;+1. The molecule has 0 aliphatic carbocycles. The van der Waals surface area contributed by atoms with Crippen molar-refractivity contribution in [1.82, 2.24) is 0 Å². The van der Waals surface area contributed by atoms with Crippen LogP contribution in [0.25, 0.3) is 0 Å². The quantitative estimate of drug-likeness (QED) is 0.210. The average molecular weight is 566 g/mol. The fraction of sp³-hybridized carbons (Fsp3) is 0.242. The molecule has 202 valence electrons. The Kier molecular flexibility index (Phi) is 11.9. The van der Waals surface area contributed by atoms with Crippen LogP contribution in [0.4, 0.5) is 4.79 Å². The molecule has 0 fully saturated rings. The Morgan fingerprint density at radius 1 is 0.875 bits per heavy atom. The fourth-order valence-electron chi connectivity index (χ4n) is 5.47. The summed E-state index contributed by atoms with van der Waals surface area (Å²) < 4.78 is 10.2. The Balaban J connectivity index is 0.00000441. The van der Waals surface area contributed by atoms with Crippen molar-refractivity contribution in [2.45, 2.75) is 43.9 Å². The third-order valence-corrected chi connectivity index (χ3v) is 12.0. The van der Waals surface area contributed by atoms with Gasteiger partial charge in [0.15, 0.2) is 0 Å². The SMILES string of the molecule is CCCCC(Cc1ccccc1)(C([O-])c1ccc(Cl)cc1)P(=NC(=O)OC)(c1ccccc1)c1ccccc1.[Li+]. The minimum atomic E-state index is -3.14. The minimum absolute atomic E-state index is 0. The molecule has 0 bridgehead atoms. The van der Waals surface area contributed by atoms with Gasteiger partial charge in [-0.15, -0.1) is 0 Å². The van der Waals surface area contributed by atoms with Gasteiger partial charge in [0.25, 0.3) is 0 Å². The van der Waals surface area contributed by atoms with E-state index in [4.69, 9.17) is 21.1 Å². The molecule has 0 aliphatic heterocycles. The van der Waals surface area contributed by atoms with E-state index in [9.17, 15) is 4.79 Å². The van der Waals surface area contributed by atoms with E-state index in [1.165, 1.54) is 7.11 Å². The Labute approximate surface area is 255 Å². The second kappa shape index (κ2) is 14.9. The molecule has 0 aliphatic rings. The van der Waals surface area contributed by atoms with Crippen molar-refractivity contribution in [3.05, 3.63) is 131 Å². The molecule has 7 heteroatoms. The van der Waals surface area contributed by atoms with Gasteiger partial charge >= 0.3 is 25.0 Å². The summed E-state index contributed by atoms with van der Waals surface area (Å²) in [6.45, 7) is 2.12. The molecule has 2 atom stereocenters. The van der Waals surface area contributed by atoms with E-state index in [1.54, 1.807) is 12.1 Å². The smallest absolute Gasteiger partial charge is 0.848 e. The summed E-state index contributed by atoms with van der Waals surface area (Å²) in [6.07, 6.45) is 0.843. The molecule has 0 spiro atoms. The van der Waals surface area contributed by atoms with E-state index in [0.29, 0.717) is 23.4 Å². The van der Waals surface area contributed by atoms with E-state index in [0.717, 1.165) is 29.0 Å². The van der Waals surface area contributed by atoms with Crippen molar-refractivity contribution in [2.75, 3.05) is 7.11 Å². The molecule has 4 aromatic rings. The maximum absolute atomic E-state index is 15.2. The number of nitrogens with zero attached hydrogens (tertiary/aromatic N) is 1. The molecule has 0 saturated heterocycles. The van der Waals surface area contributed by atoms with E-state index < -0.39 is 24.4 Å². The third-order valence-electron chi connectivity index (χ3n) is 7.29. The van der Waals surface area contributed by atoms with Crippen molar-refractivity contribution in [2.24, 2.45) is 4.74 Å². The Morgan fingerprint density at radius 3 is 1.85 bits per heavy atom. The third kappa shape index (κ3) is 6.66. The van der Waals surface area contributed by atoms with Crippen LogP contribution in [0.5, 0.6) is 0 Å². The molecule has 4 aromatic carbocycles. The Bertz CT molecular complexity index is 1360. The number of amides is 1. The van der Waals surface area contributed by atoms with E-state index >= 15 is 5.11 Å². The van der Waals surface area contributed by atoms with Crippen LogP contribution < -0.4 is 34.6 Å². The van der Waals surface area contributed by atoms with Gasteiger partial charge < -0.3 is 9.84 Å². The van der Waals surface area contributed by atoms with Crippen LogP contribution >= 0.6 is 18.7 Å². The summed E-state index contributed by atoms with van der Waals surface area (Å²) in [6, 6.07) is 36.9. The summed E-state index contributed by atoms with van der Waals surface area (Å²) >= 11 is 6.24. The van der Waals surface area contributed by atoms with Gasteiger partial charge in [0, 0.05) is 17.2 Å². The van der Waals surface area contributed by atoms with Gasteiger partial charge in [0.1, 0.15) is 0 Å². The zero-order valence-corrected chi connectivity index (χ0v) is 25.0. The van der Waals surface area contributed by atoms with Crippen molar-refractivity contribution in [3.8, 4) is 0 Å². The van der Waals surface area contributed by atoms with Crippen LogP contribution in [-0.4, -0.2) is 18.4 Å². The number of halogens is 1. The zero-order chi connectivity index (χ0) is 27.7. The maximum Gasteiger partial charge on any atom is 1.00 e. The number of methoxy groups -OCH3 is 1. The predicted octanol–water partition coefficient (Wildman–Crippen LogP) is 4.54. The van der Waals surface area contributed by atoms with Crippen LogP contribution in [0, 0.1) is 0 Å². The molecule has 1 amide bonds. The number of benzene rings is 4. The van der Waals surface area contributed by atoms with Gasteiger partial charge in [-0.2, -0.15) is 4.74 Å². The Hall–Kier alpha value is -2.57. The van der Waals surface area contributed by atoms with E-state index in [2.05, 4.69) is 19.1 Å². The first-order valence-corrected chi connectivity index (χ1v) is 15.4. The molecular weight excluding hydrogens is 532 g/mol. The van der Waals surface area contributed by atoms with Gasteiger partial charge in [0.05, 0.1) is 7.11 Å². The molecule has 0 heterocycles. The number of unbranched alkanes of at least 4 members (excludes halogenated alkanes) is 1. The molecule has 4 nitrogen and oxygen atoms in total. The second-order valence-electron chi connectivity index (χ2n) is 9.68. The van der Waals surface area contributed by atoms with Gasteiger partial charge in [-0.1, -0.05) is 146 Å². The minimum Gasteiger partial charge on any atom is -0.848 e. The van der Waals surface area contributed by atoms with Gasteiger partial charge in [-0.3, -0.25) is 0 Å².